The Morgan fingerprint density at radius 3 is 2.52 bits per heavy atom. The van der Waals surface area contributed by atoms with Gasteiger partial charge in [-0.1, -0.05) is 17.3 Å². The van der Waals surface area contributed by atoms with Crippen LogP contribution in [-0.2, 0) is 17.8 Å². The molecular formula is C20H28F2N4O3+2. The second kappa shape index (κ2) is 10.3. The number of alkyl halides is 2. The first-order valence-electron chi connectivity index (χ1n) is 9.87. The smallest absolute Gasteiger partial charge is 0.387 e. The number of amides is 1. The highest BCUT2D eigenvalue weighted by molar-refractivity contribution is 5.76. The highest BCUT2D eigenvalue weighted by Crippen LogP contribution is 2.14. The number of hydrogen-bond donors (Lipinski definition) is 3. The third kappa shape index (κ3) is 7.10. The first-order valence-corrected chi connectivity index (χ1v) is 9.87. The zero-order chi connectivity index (χ0) is 20.6. The monoisotopic (exact) mass is 410 g/mol. The molecular weight excluding hydrogens is 382 g/mol. The van der Waals surface area contributed by atoms with Crippen molar-refractivity contribution in [3.8, 4) is 5.75 Å². The summed E-state index contributed by atoms with van der Waals surface area (Å²) in [6, 6.07) is 8.45. The Balaban J connectivity index is 1.31. The molecule has 3 rings (SSSR count). The molecule has 1 aromatic carbocycles. The number of halogens is 2. The molecule has 0 aliphatic carbocycles. The van der Waals surface area contributed by atoms with Crippen LogP contribution in [0.4, 0.5) is 8.78 Å². The fraction of sp³-hybridized carbons (Fsp3) is 0.500. The van der Waals surface area contributed by atoms with E-state index in [4.69, 9.17) is 4.52 Å². The predicted molar refractivity (Wildman–Crippen MR) is 101 cm³/mol. The van der Waals surface area contributed by atoms with Crippen molar-refractivity contribution in [2.45, 2.75) is 26.5 Å². The fourth-order valence-corrected chi connectivity index (χ4v) is 3.54. The molecule has 1 aliphatic rings. The summed E-state index contributed by atoms with van der Waals surface area (Å²) in [6.45, 7) is 4.82. The average Bonchev–Trinajstić information content (AvgIpc) is 3.09. The van der Waals surface area contributed by atoms with Crippen molar-refractivity contribution in [1.29, 1.82) is 0 Å². The number of aryl methyl sites for hydroxylation is 1. The zero-order valence-electron chi connectivity index (χ0n) is 16.5. The van der Waals surface area contributed by atoms with Crippen LogP contribution in [-0.4, -0.2) is 56.9 Å². The summed E-state index contributed by atoms with van der Waals surface area (Å²) < 4.78 is 33.7. The Labute approximate surface area is 168 Å². The highest BCUT2D eigenvalue weighted by atomic mass is 19.3. The molecule has 0 saturated carbocycles. The van der Waals surface area contributed by atoms with E-state index in [1.54, 1.807) is 12.1 Å². The molecule has 0 bridgehead atoms. The Morgan fingerprint density at radius 1 is 1.21 bits per heavy atom. The van der Waals surface area contributed by atoms with Gasteiger partial charge in [-0.05, 0) is 31.0 Å². The number of piperazine rings is 1. The molecule has 1 fully saturated rings. The van der Waals surface area contributed by atoms with Crippen LogP contribution in [0.1, 0.15) is 17.0 Å². The quantitative estimate of drug-likeness (QED) is 0.508. The molecule has 1 aromatic heterocycles. The van der Waals surface area contributed by atoms with Crippen molar-refractivity contribution in [1.82, 2.24) is 10.5 Å². The summed E-state index contributed by atoms with van der Waals surface area (Å²) in [5.41, 5.74) is 1.94. The number of ether oxygens (including phenoxy) is 1. The molecule has 0 radical (unpaired) electrons. The van der Waals surface area contributed by atoms with Crippen LogP contribution in [0.15, 0.2) is 34.9 Å². The van der Waals surface area contributed by atoms with Gasteiger partial charge in [-0.2, -0.15) is 8.78 Å². The van der Waals surface area contributed by atoms with Gasteiger partial charge >= 0.3 is 6.61 Å². The van der Waals surface area contributed by atoms with E-state index in [0.29, 0.717) is 19.5 Å². The number of nitrogens with one attached hydrogen (secondary N) is 3. The number of quaternary nitrogens is 2. The molecule has 0 unspecified atom stereocenters. The number of benzene rings is 1. The van der Waals surface area contributed by atoms with E-state index in [1.165, 1.54) is 21.9 Å². The lowest BCUT2D eigenvalue weighted by atomic mass is 10.1. The van der Waals surface area contributed by atoms with E-state index in [1.807, 2.05) is 13.0 Å². The second-order valence-corrected chi connectivity index (χ2v) is 7.40. The molecule has 2 aromatic rings. The topological polar surface area (TPSA) is 73.2 Å². The summed E-state index contributed by atoms with van der Waals surface area (Å²) in [7, 11) is 0. The number of rotatable bonds is 9. The standard InChI is InChI=1S/C20H26F2N4O3/c1-15-12-17(24-29-15)13-25-8-10-26(11-9-25)14-19(27)23-7-6-16-2-4-18(5-3-16)28-20(21)22/h2-5,12,20H,6-11,13-14H2,1H3,(H,23,27)/p+2. The van der Waals surface area contributed by atoms with Crippen molar-refractivity contribution >= 4 is 5.91 Å². The van der Waals surface area contributed by atoms with E-state index >= 15 is 0 Å². The number of carbonyl (C=O) groups is 1. The van der Waals surface area contributed by atoms with Crippen LogP contribution >= 0.6 is 0 Å². The number of hydrogen-bond acceptors (Lipinski definition) is 4. The Hall–Kier alpha value is -2.52. The van der Waals surface area contributed by atoms with Gasteiger partial charge in [-0.3, -0.25) is 4.79 Å². The van der Waals surface area contributed by atoms with Gasteiger partial charge in [-0.25, -0.2) is 0 Å². The van der Waals surface area contributed by atoms with Gasteiger partial charge in [0.15, 0.2) is 6.54 Å². The highest BCUT2D eigenvalue weighted by Gasteiger charge is 2.25. The molecule has 1 saturated heterocycles. The van der Waals surface area contributed by atoms with E-state index in [9.17, 15) is 13.6 Å². The van der Waals surface area contributed by atoms with Crippen molar-refractivity contribution in [2.24, 2.45) is 0 Å². The van der Waals surface area contributed by atoms with Crippen molar-refractivity contribution in [3.05, 3.63) is 47.3 Å². The number of nitrogens with zero attached hydrogens (tertiary/aromatic N) is 1. The van der Waals surface area contributed by atoms with Crippen molar-refractivity contribution in [3.63, 3.8) is 0 Å². The summed E-state index contributed by atoms with van der Waals surface area (Å²) >= 11 is 0. The van der Waals surface area contributed by atoms with Gasteiger partial charge in [0.2, 0.25) is 0 Å². The molecule has 3 N–H and O–H groups in total. The van der Waals surface area contributed by atoms with E-state index in [2.05, 4.69) is 15.2 Å². The maximum atomic E-state index is 12.2. The normalized spacial score (nSPS) is 19.3. The SMILES string of the molecule is Cc1cc(C[NH+]2CC[NH+](CC(=O)NCCc3ccc(OC(F)F)cc3)CC2)no1. The third-order valence-corrected chi connectivity index (χ3v) is 5.07. The summed E-state index contributed by atoms with van der Waals surface area (Å²) in [5.74, 6) is 1.00. The van der Waals surface area contributed by atoms with Crippen LogP contribution < -0.4 is 19.9 Å². The molecule has 1 amide bonds. The Bertz CT molecular complexity index is 774. The predicted octanol–water partition coefficient (Wildman–Crippen LogP) is -0.773. The second-order valence-electron chi connectivity index (χ2n) is 7.40. The number of carbonyl (C=O) groups excluding carboxylic acids is 1. The molecule has 1 aliphatic heterocycles. The van der Waals surface area contributed by atoms with Gasteiger partial charge in [-0.15, -0.1) is 0 Å². The molecule has 9 heteroatoms. The van der Waals surface area contributed by atoms with Gasteiger partial charge in [0.1, 0.15) is 49.9 Å². The Morgan fingerprint density at radius 2 is 1.90 bits per heavy atom. The van der Waals surface area contributed by atoms with Crippen LogP contribution in [0, 0.1) is 6.92 Å². The lowest BCUT2D eigenvalue weighted by Crippen LogP contribution is -3.28. The minimum absolute atomic E-state index is 0.0354. The van der Waals surface area contributed by atoms with Gasteiger partial charge in [0, 0.05) is 12.6 Å². The van der Waals surface area contributed by atoms with Crippen LogP contribution in [0.3, 0.4) is 0 Å². The van der Waals surface area contributed by atoms with Crippen LogP contribution in [0.5, 0.6) is 5.75 Å². The third-order valence-electron chi connectivity index (χ3n) is 5.07. The van der Waals surface area contributed by atoms with Gasteiger partial charge in [0.25, 0.3) is 5.91 Å². The molecule has 0 spiro atoms. The molecule has 0 atom stereocenters. The summed E-state index contributed by atoms with van der Waals surface area (Å²) in [6.07, 6.45) is 0.644. The lowest BCUT2D eigenvalue weighted by Gasteiger charge is -2.28. The minimum Gasteiger partial charge on any atom is -0.435 e. The molecule has 29 heavy (non-hydrogen) atoms. The fourth-order valence-electron chi connectivity index (χ4n) is 3.54. The summed E-state index contributed by atoms with van der Waals surface area (Å²) in [5, 5.41) is 6.99. The first kappa shape index (κ1) is 21.2. The maximum Gasteiger partial charge on any atom is 0.387 e. The van der Waals surface area contributed by atoms with E-state index in [0.717, 1.165) is 49.7 Å². The molecule has 2 heterocycles. The first-order chi connectivity index (χ1) is 14.0. The maximum absolute atomic E-state index is 12.2. The van der Waals surface area contributed by atoms with E-state index in [-0.39, 0.29) is 11.7 Å². The minimum atomic E-state index is -2.82. The van der Waals surface area contributed by atoms with Crippen LogP contribution in [0.2, 0.25) is 0 Å². The number of aromatic nitrogens is 1. The largest absolute Gasteiger partial charge is 0.435 e. The molecule has 7 nitrogen and oxygen atoms in total. The van der Waals surface area contributed by atoms with Crippen LogP contribution in [0.25, 0.3) is 0 Å². The molecule has 158 valence electrons. The van der Waals surface area contributed by atoms with Crippen molar-refractivity contribution in [2.75, 3.05) is 39.3 Å². The van der Waals surface area contributed by atoms with Gasteiger partial charge in [0.05, 0.1) is 0 Å². The Kier molecular flexibility index (Phi) is 7.54. The van der Waals surface area contributed by atoms with E-state index < -0.39 is 6.61 Å². The average molecular weight is 410 g/mol. The van der Waals surface area contributed by atoms with Gasteiger partial charge < -0.3 is 24.4 Å². The summed E-state index contributed by atoms with van der Waals surface area (Å²) in [4.78, 5) is 14.9. The van der Waals surface area contributed by atoms with Crippen molar-refractivity contribution < 1.29 is 32.6 Å². The zero-order valence-corrected chi connectivity index (χ0v) is 16.5. The lowest BCUT2D eigenvalue weighted by molar-refractivity contribution is -1.02.